The molecule has 2 aliphatic rings. The summed E-state index contributed by atoms with van der Waals surface area (Å²) in [5.41, 5.74) is 0.175. The first-order chi connectivity index (χ1) is 8.06. The number of rotatable bonds is 2. The summed E-state index contributed by atoms with van der Waals surface area (Å²) in [5, 5.41) is 0. The maximum absolute atomic E-state index is 12.7. The van der Waals surface area contributed by atoms with Crippen LogP contribution in [0.4, 0.5) is 0 Å². The third-order valence-electron chi connectivity index (χ3n) is 4.64. The van der Waals surface area contributed by atoms with E-state index in [0.29, 0.717) is 17.8 Å². The zero-order valence-electron chi connectivity index (χ0n) is 11.0. The lowest BCUT2D eigenvalue weighted by Crippen LogP contribution is -2.46. The van der Waals surface area contributed by atoms with Crippen molar-refractivity contribution in [1.29, 1.82) is 0 Å². The molecule has 2 fully saturated rings. The molecule has 2 rings (SSSR count). The molecule has 1 saturated carbocycles. The van der Waals surface area contributed by atoms with Crippen molar-refractivity contribution in [3.63, 3.8) is 0 Å². The van der Waals surface area contributed by atoms with Crippen LogP contribution in [0.5, 0.6) is 0 Å². The standard InChI is InChI=1S/C14H24ClNO/c1-14(2)8-4-3-7-12(14)13(17)16-9-5-6-11(16)10-15/h11-12H,3-10H2,1-2H3. The Hall–Kier alpha value is -0.240. The first-order valence-corrected chi connectivity index (χ1v) is 7.46. The molecule has 0 spiro atoms. The fourth-order valence-corrected chi connectivity index (χ4v) is 3.76. The Kier molecular flexibility index (Phi) is 4.02. The summed E-state index contributed by atoms with van der Waals surface area (Å²) >= 11 is 5.96. The van der Waals surface area contributed by atoms with Crippen LogP contribution in [-0.2, 0) is 4.79 Å². The SMILES string of the molecule is CC1(C)CCCCC1C(=O)N1CCCC1CCl. The van der Waals surface area contributed by atoms with Gasteiger partial charge in [-0.05, 0) is 31.1 Å². The van der Waals surface area contributed by atoms with Crippen LogP contribution in [-0.4, -0.2) is 29.3 Å². The first kappa shape index (κ1) is 13.2. The van der Waals surface area contributed by atoms with Crippen LogP contribution < -0.4 is 0 Å². The Bertz CT molecular complexity index is 290. The molecular weight excluding hydrogens is 234 g/mol. The van der Waals surface area contributed by atoms with E-state index in [0.717, 1.165) is 25.8 Å². The van der Waals surface area contributed by atoms with Crippen molar-refractivity contribution in [3.8, 4) is 0 Å². The van der Waals surface area contributed by atoms with Crippen LogP contribution in [0.2, 0.25) is 0 Å². The molecule has 1 heterocycles. The van der Waals surface area contributed by atoms with Crippen molar-refractivity contribution in [2.24, 2.45) is 11.3 Å². The van der Waals surface area contributed by atoms with Gasteiger partial charge in [-0.1, -0.05) is 26.7 Å². The monoisotopic (exact) mass is 257 g/mol. The third-order valence-corrected chi connectivity index (χ3v) is 5.00. The summed E-state index contributed by atoms with van der Waals surface area (Å²) in [6.45, 7) is 5.42. The summed E-state index contributed by atoms with van der Waals surface area (Å²) in [7, 11) is 0. The zero-order valence-corrected chi connectivity index (χ0v) is 11.8. The molecule has 1 aliphatic carbocycles. The molecular formula is C14H24ClNO. The Morgan fingerprint density at radius 2 is 2.06 bits per heavy atom. The molecule has 1 amide bonds. The molecule has 0 aromatic carbocycles. The fourth-order valence-electron chi connectivity index (χ4n) is 3.44. The number of likely N-dealkylation sites (tertiary alicyclic amines) is 1. The van der Waals surface area contributed by atoms with Gasteiger partial charge in [0.1, 0.15) is 0 Å². The molecule has 1 aliphatic heterocycles. The van der Waals surface area contributed by atoms with Gasteiger partial charge in [0.05, 0.1) is 0 Å². The minimum absolute atomic E-state index is 0.175. The van der Waals surface area contributed by atoms with Gasteiger partial charge in [0, 0.05) is 24.4 Å². The molecule has 98 valence electrons. The predicted molar refractivity (Wildman–Crippen MR) is 71.2 cm³/mol. The third kappa shape index (κ3) is 2.62. The lowest BCUT2D eigenvalue weighted by molar-refractivity contribution is -0.141. The molecule has 0 bridgehead atoms. The van der Waals surface area contributed by atoms with Crippen LogP contribution in [0.3, 0.4) is 0 Å². The molecule has 17 heavy (non-hydrogen) atoms. The van der Waals surface area contributed by atoms with E-state index in [2.05, 4.69) is 18.7 Å². The molecule has 2 nitrogen and oxygen atoms in total. The van der Waals surface area contributed by atoms with Crippen LogP contribution in [0.15, 0.2) is 0 Å². The molecule has 0 aromatic rings. The summed E-state index contributed by atoms with van der Waals surface area (Å²) in [4.78, 5) is 14.7. The van der Waals surface area contributed by atoms with Crippen LogP contribution in [0.25, 0.3) is 0 Å². The second-order valence-corrected chi connectivity index (χ2v) is 6.58. The second kappa shape index (κ2) is 5.17. The molecule has 0 radical (unpaired) electrons. The molecule has 3 heteroatoms. The van der Waals surface area contributed by atoms with E-state index in [1.54, 1.807) is 0 Å². The van der Waals surface area contributed by atoms with Crippen molar-refractivity contribution in [1.82, 2.24) is 4.90 Å². The van der Waals surface area contributed by atoms with Gasteiger partial charge in [-0.15, -0.1) is 11.6 Å². The van der Waals surface area contributed by atoms with E-state index < -0.39 is 0 Å². The Labute approximate surface area is 110 Å². The number of alkyl halides is 1. The number of hydrogen-bond acceptors (Lipinski definition) is 1. The number of halogens is 1. The minimum atomic E-state index is 0.175. The van der Waals surface area contributed by atoms with Crippen molar-refractivity contribution in [3.05, 3.63) is 0 Å². The van der Waals surface area contributed by atoms with Gasteiger partial charge < -0.3 is 4.90 Å². The van der Waals surface area contributed by atoms with Crippen LogP contribution in [0, 0.1) is 11.3 Å². The molecule has 2 unspecified atom stereocenters. The first-order valence-electron chi connectivity index (χ1n) is 6.93. The highest BCUT2D eigenvalue weighted by molar-refractivity contribution is 6.18. The van der Waals surface area contributed by atoms with E-state index in [1.165, 1.54) is 19.3 Å². The quantitative estimate of drug-likeness (QED) is 0.694. The summed E-state index contributed by atoms with van der Waals surface area (Å²) in [6, 6.07) is 0.293. The average molecular weight is 258 g/mol. The number of carbonyl (C=O) groups is 1. The van der Waals surface area contributed by atoms with Crippen molar-refractivity contribution in [2.75, 3.05) is 12.4 Å². The van der Waals surface area contributed by atoms with Gasteiger partial charge in [-0.25, -0.2) is 0 Å². The van der Waals surface area contributed by atoms with E-state index in [1.807, 2.05) is 0 Å². The summed E-state index contributed by atoms with van der Waals surface area (Å²) in [6.07, 6.45) is 6.94. The fraction of sp³-hybridized carbons (Fsp3) is 0.929. The Morgan fingerprint density at radius 1 is 1.29 bits per heavy atom. The summed E-state index contributed by atoms with van der Waals surface area (Å²) in [5.74, 6) is 1.19. The van der Waals surface area contributed by atoms with Crippen molar-refractivity contribution < 1.29 is 4.79 Å². The second-order valence-electron chi connectivity index (χ2n) is 6.27. The average Bonchev–Trinajstić information content (AvgIpc) is 2.75. The van der Waals surface area contributed by atoms with Crippen LogP contribution >= 0.6 is 11.6 Å². The lowest BCUT2D eigenvalue weighted by atomic mass is 9.68. The lowest BCUT2D eigenvalue weighted by Gasteiger charge is -2.40. The van der Waals surface area contributed by atoms with Gasteiger partial charge in [0.25, 0.3) is 0 Å². The zero-order chi connectivity index (χ0) is 12.5. The van der Waals surface area contributed by atoms with Gasteiger partial charge in [-0.2, -0.15) is 0 Å². The maximum atomic E-state index is 12.7. The Morgan fingerprint density at radius 3 is 2.71 bits per heavy atom. The van der Waals surface area contributed by atoms with E-state index in [9.17, 15) is 4.79 Å². The van der Waals surface area contributed by atoms with Gasteiger partial charge in [0.15, 0.2) is 0 Å². The largest absolute Gasteiger partial charge is 0.338 e. The molecule has 0 N–H and O–H groups in total. The molecule has 0 aromatic heterocycles. The van der Waals surface area contributed by atoms with E-state index in [4.69, 9.17) is 11.6 Å². The highest BCUT2D eigenvalue weighted by atomic mass is 35.5. The Balaban J connectivity index is 2.08. The van der Waals surface area contributed by atoms with Crippen molar-refractivity contribution in [2.45, 2.75) is 58.4 Å². The van der Waals surface area contributed by atoms with Gasteiger partial charge in [-0.3, -0.25) is 4.79 Å². The normalized spacial score (nSPS) is 32.8. The number of amides is 1. The van der Waals surface area contributed by atoms with Crippen LogP contribution in [0.1, 0.15) is 52.4 Å². The van der Waals surface area contributed by atoms with Gasteiger partial charge >= 0.3 is 0 Å². The summed E-state index contributed by atoms with van der Waals surface area (Å²) < 4.78 is 0. The van der Waals surface area contributed by atoms with Gasteiger partial charge in [0.2, 0.25) is 5.91 Å². The number of carbonyl (C=O) groups excluding carboxylic acids is 1. The number of nitrogens with zero attached hydrogens (tertiary/aromatic N) is 1. The highest BCUT2D eigenvalue weighted by Crippen LogP contribution is 2.42. The van der Waals surface area contributed by atoms with Crippen molar-refractivity contribution >= 4 is 17.5 Å². The predicted octanol–water partition coefficient (Wildman–Crippen LogP) is 3.43. The van der Waals surface area contributed by atoms with E-state index >= 15 is 0 Å². The molecule has 1 saturated heterocycles. The molecule has 2 atom stereocenters. The maximum Gasteiger partial charge on any atom is 0.226 e. The topological polar surface area (TPSA) is 20.3 Å². The number of hydrogen-bond donors (Lipinski definition) is 0. The minimum Gasteiger partial charge on any atom is -0.338 e. The smallest absolute Gasteiger partial charge is 0.226 e. The highest BCUT2D eigenvalue weighted by Gasteiger charge is 2.41. The van der Waals surface area contributed by atoms with E-state index in [-0.39, 0.29) is 11.3 Å².